The van der Waals surface area contributed by atoms with Crippen molar-refractivity contribution < 1.29 is 9.59 Å². The van der Waals surface area contributed by atoms with Crippen molar-refractivity contribution in [3.05, 3.63) is 30.3 Å². The van der Waals surface area contributed by atoms with E-state index in [1.165, 1.54) is 4.90 Å². The van der Waals surface area contributed by atoms with Crippen LogP contribution >= 0.6 is 0 Å². The number of anilines is 1. The van der Waals surface area contributed by atoms with Crippen molar-refractivity contribution in [1.82, 2.24) is 0 Å². The number of benzene rings is 1. The number of piperidine rings is 1. The van der Waals surface area contributed by atoms with E-state index in [9.17, 15) is 9.59 Å². The van der Waals surface area contributed by atoms with E-state index in [1.807, 2.05) is 30.3 Å². The third-order valence-electron chi connectivity index (χ3n) is 4.42. The Bertz CT molecular complexity index is 534. The molecule has 2 fully saturated rings. The average molecular weight is 259 g/mol. The van der Waals surface area contributed by atoms with Gasteiger partial charge in [-0.2, -0.15) is 0 Å². The molecule has 1 aliphatic heterocycles. The summed E-state index contributed by atoms with van der Waals surface area (Å²) in [4.78, 5) is 26.4. The molecule has 2 amide bonds. The molecule has 1 saturated heterocycles. The lowest BCUT2D eigenvalue weighted by Gasteiger charge is -2.27. The van der Waals surface area contributed by atoms with Crippen LogP contribution in [0.2, 0.25) is 24.7 Å². The van der Waals surface area contributed by atoms with Gasteiger partial charge in [-0.05, 0) is 18.6 Å². The summed E-state index contributed by atoms with van der Waals surface area (Å²) in [6, 6.07) is 9.28. The molecule has 1 aromatic carbocycles. The fraction of sp³-hybridized carbons (Fsp3) is 0.429. The van der Waals surface area contributed by atoms with Crippen LogP contribution in [0.5, 0.6) is 0 Å². The molecule has 0 N–H and O–H groups in total. The van der Waals surface area contributed by atoms with Crippen LogP contribution < -0.4 is 4.90 Å². The molecule has 0 bridgehead atoms. The van der Waals surface area contributed by atoms with Gasteiger partial charge in [0, 0.05) is 0 Å². The van der Waals surface area contributed by atoms with Gasteiger partial charge >= 0.3 is 0 Å². The first kappa shape index (κ1) is 11.7. The van der Waals surface area contributed by atoms with Gasteiger partial charge in [-0.15, -0.1) is 0 Å². The second-order valence-electron chi connectivity index (χ2n) is 6.29. The molecule has 2 aliphatic rings. The smallest absolute Gasteiger partial charge is 0.238 e. The van der Waals surface area contributed by atoms with Gasteiger partial charge in [-0.25, -0.2) is 0 Å². The standard InChI is InChI=1S/C14H17NO2Si/c1-18(2,3)14-9-11(14)12(16)15(13(14)17)10-7-5-4-6-8-10/h4-8,11H,9H2,1-3H3/t11-,14+/m0/s1. The third kappa shape index (κ3) is 1.24. The monoisotopic (exact) mass is 259 g/mol. The lowest BCUT2D eigenvalue weighted by atomic mass is 10.3. The highest BCUT2D eigenvalue weighted by atomic mass is 28.3. The molecule has 1 saturated carbocycles. The van der Waals surface area contributed by atoms with Gasteiger partial charge in [0.15, 0.2) is 0 Å². The van der Waals surface area contributed by atoms with Crippen LogP contribution in [0.4, 0.5) is 5.69 Å². The molecule has 18 heavy (non-hydrogen) atoms. The lowest BCUT2D eigenvalue weighted by Crippen LogP contribution is -2.41. The molecule has 0 aromatic heterocycles. The molecule has 0 unspecified atom stereocenters. The van der Waals surface area contributed by atoms with Gasteiger partial charge < -0.3 is 0 Å². The van der Waals surface area contributed by atoms with E-state index in [0.717, 1.165) is 12.1 Å². The number of fused-ring (bicyclic) bond motifs is 1. The molecule has 94 valence electrons. The van der Waals surface area contributed by atoms with E-state index < -0.39 is 8.07 Å². The van der Waals surface area contributed by atoms with Gasteiger partial charge in [0.05, 0.1) is 24.7 Å². The Labute approximate surface area is 108 Å². The van der Waals surface area contributed by atoms with Crippen LogP contribution in [-0.2, 0) is 9.59 Å². The quantitative estimate of drug-likeness (QED) is 0.605. The molecule has 1 aliphatic carbocycles. The minimum atomic E-state index is -1.67. The molecular weight excluding hydrogens is 242 g/mol. The summed E-state index contributed by atoms with van der Waals surface area (Å²) in [6.45, 7) is 6.56. The number of nitrogens with zero attached hydrogens (tertiary/aromatic N) is 1. The Balaban J connectivity index is 2.03. The van der Waals surface area contributed by atoms with Crippen LogP contribution in [0, 0.1) is 5.92 Å². The first-order valence-electron chi connectivity index (χ1n) is 6.33. The molecule has 1 heterocycles. The second kappa shape index (κ2) is 3.32. The highest BCUT2D eigenvalue weighted by molar-refractivity contribution is 6.85. The Hall–Kier alpha value is -1.42. The summed E-state index contributed by atoms with van der Waals surface area (Å²) in [5.74, 6) is 0.00774. The van der Waals surface area contributed by atoms with E-state index in [-0.39, 0.29) is 22.8 Å². The maximum absolute atomic E-state index is 12.7. The van der Waals surface area contributed by atoms with Crippen molar-refractivity contribution in [3.8, 4) is 0 Å². The first-order valence-corrected chi connectivity index (χ1v) is 9.83. The zero-order chi connectivity index (χ0) is 13.1. The number of amides is 2. The van der Waals surface area contributed by atoms with E-state index >= 15 is 0 Å². The zero-order valence-corrected chi connectivity index (χ0v) is 11.9. The predicted molar refractivity (Wildman–Crippen MR) is 73.1 cm³/mol. The topological polar surface area (TPSA) is 37.4 Å². The van der Waals surface area contributed by atoms with Crippen molar-refractivity contribution in [1.29, 1.82) is 0 Å². The van der Waals surface area contributed by atoms with Gasteiger partial charge in [-0.3, -0.25) is 14.5 Å². The van der Waals surface area contributed by atoms with Crippen LogP contribution in [-0.4, -0.2) is 19.9 Å². The molecule has 4 heteroatoms. The van der Waals surface area contributed by atoms with Crippen LogP contribution in [0.1, 0.15) is 6.42 Å². The highest BCUT2D eigenvalue weighted by Crippen LogP contribution is 2.71. The molecule has 3 rings (SSSR count). The van der Waals surface area contributed by atoms with E-state index in [0.29, 0.717) is 0 Å². The maximum atomic E-state index is 12.7. The van der Waals surface area contributed by atoms with Gasteiger partial charge in [0.1, 0.15) is 0 Å². The Kier molecular flexibility index (Phi) is 2.15. The summed E-state index contributed by atoms with van der Waals surface area (Å²) in [6.07, 6.45) is 0.781. The van der Waals surface area contributed by atoms with Crippen molar-refractivity contribution in [3.63, 3.8) is 0 Å². The number of rotatable bonds is 2. The van der Waals surface area contributed by atoms with Crippen LogP contribution in [0.3, 0.4) is 0 Å². The van der Waals surface area contributed by atoms with Crippen LogP contribution in [0.15, 0.2) is 30.3 Å². The number of para-hydroxylation sites is 1. The second-order valence-corrected chi connectivity index (χ2v) is 11.7. The fourth-order valence-electron chi connectivity index (χ4n) is 3.22. The molecule has 0 radical (unpaired) electrons. The van der Waals surface area contributed by atoms with Gasteiger partial charge in [0.2, 0.25) is 11.8 Å². The summed E-state index contributed by atoms with van der Waals surface area (Å²) >= 11 is 0. The molecule has 0 spiro atoms. The highest BCUT2D eigenvalue weighted by Gasteiger charge is 2.76. The Morgan fingerprint density at radius 1 is 1.17 bits per heavy atom. The molecule has 3 nitrogen and oxygen atoms in total. The first-order chi connectivity index (χ1) is 8.39. The zero-order valence-electron chi connectivity index (χ0n) is 10.9. The van der Waals surface area contributed by atoms with Crippen molar-refractivity contribution in [2.75, 3.05) is 4.90 Å². The summed E-state index contributed by atoms with van der Waals surface area (Å²) in [5, 5.41) is -0.320. The average Bonchev–Trinajstić information content (AvgIpc) is 3.01. The third-order valence-corrected chi connectivity index (χ3v) is 7.86. The summed E-state index contributed by atoms with van der Waals surface area (Å²) in [7, 11) is -1.67. The number of carbonyl (C=O) groups is 2. The number of hydrogen-bond donors (Lipinski definition) is 0. The summed E-state index contributed by atoms with van der Waals surface area (Å²) < 4.78 is 0. The minimum Gasteiger partial charge on any atom is -0.274 e. The summed E-state index contributed by atoms with van der Waals surface area (Å²) in [5.41, 5.74) is 0.720. The Morgan fingerprint density at radius 2 is 1.78 bits per heavy atom. The van der Waals surface area contributed by atoms with E-state index in [4.69, 9.17) is 0 Å². The van der Waals surface area contributed by atoms with Crippen molar-refractivity contribution >= 4 is 25.6 Å². The molecule has 2 atom stereocenters. The predicted octanol–water partition coefficient (Wildman–Crippen LogP) is 2.66. The van der Waals surface area contributed by atoms with Crippen molar-refractivity contribution in [2.24, 2.45) is 5.92 Å². The van der Waals surface area contributed by atoms with E-state index in [1.54, 1.807) is 0 Å². The largest absolute Gasteiger partial charge is 0.274 e. The SMILES string of the molecule is C[Si](C)(C)[C@]12C[C@H]1C(=O)N(c1ccccc1)C2=O. The van der Waals surface area contributed by atoms with Crippen molar-refractivity contribution in [2.45, 2.75) is 31.1 Å². The maximum Gasteiger partial charge on any atom is 0.238 e. The fourth-order valence-corrected chi connectivity index (χ4v) is 5.96. The van der Waals surface area contributed by atoms with Gasteiger partial charge in [-0.1, -0.05) is 37.8 Å². The molecular formula is C14H17NO2Si. The number of hydrogen-bond acceptors (Lipinski definition) is 2. The number of carbonyl (C=O) groups excluding carboxylic acids is 2. The lowest BCUT2D eigenvalue weighted by molar-refractivity contribution is -0.123. The minimum absolute atomic E-state index is 0.00799. The Morgan fingerprint density at radius 3 is 2.28 bits per heavy atom. The van der Waals surface area contributed by atoms with Crippen LogP contribution in [0.25, 0.3) is 0 Å². The normalized spacial score (nSPS) is 30.6. The van der Waals surface area contributed by atoms with E-state index in [2.05, 4.69) is 19.6 Å². The van der Waals surface area contributed by atoms with Gasteiger partial charge in [0.25, 0.3) is 0 Å². The number of imide groups is 1. The molecule has 1 aromatic rings.